The molecule has 0 aliphatic rings. The first-order valence-corrected chi connectivity index (χ1v) is 9.58. The largest absolute Gasteiger partial charge is 0.497 e. The van der Waals surface area contributed by atoms with E-state index in [4.69, 9.17) is 9.47 Å². The Balaban J connectivity index is 2.48. The summed E-state index contributed by atoms with van der Waals surface area (Å²) in [4.78, 5) is 25.4. The average Bonchev–Trinajstić information content (AvgIpc) is 2.69. The highest BCUT2D eigenvalue weighted by Crippen LogP contribution is 2.30. The van der Waals surface area contributed by atoms with E-state index in [1.165, 1.54) is 11.7 Å². The number of carbonyl (C=O) groups excluding carboxylic acids is 1. The fraction of sp³-hybridized carbons (Fsp3) is 0.200. The molecule has 0 fully saturated rings. The number of methoxy groups -OCH3 is 1. The summed E-state index contributed by atoms with van der Waals surface area (Å²) < 4.78 is 39.6. The van der Waals surface area contributed by atoms with E-state index in [-0.39, 0.29) is 28.1 Å². The Morgan fingerprint density at radius 2 is 1.79 bits per heavy atom. The second kappa shape index (κ2) is 8.02. The standard InChI is InChI=1S/C20H17F2NO4S/c1-4-27-20(25)17-18(24)13-9-14(21)15(22)10-16(13)23(19(17)28-3)11-5-7-12(26-2)8-6-11/h5-10H,4H2,1-3H3. The summed E-state index contributed by atoms with van der Waals surface area (Å²) in [6.07, 6.45) is 1.68. The number of thioether (sulfide) groups is 1. The van der Waals surface area contributed by atoms with Gasteiger partial charge in [0.15, 0.2) is 11.6 Å². The third kappa shape index (κ3) is 3.35. The number of pyridine rings is 1. The molecule has 2 aromatic carbocycles. The third-order valence-electron chi connectivity index (χ3n) is 4.17. The number of halogens is 2. The molecule has 0 bridgehead atoms. The molecule has 5 nitrogen and oxygen atoms in total. The zero-order valence-electron chi connectivity index (χ0n) is 15.4. The minimum absolute atomic E-state index is 0.0739. The Morgan fingerprint density at radius 1 is 1.14 bits per heavy atom. The number of benzene rings is 2. The van der Waals surface area contributed by atoms with Crippen LogP contribution in [0.3, 0.4) is 0 Å². The lowest BCUT2D eigenvalue weighted by Gasteiger charge is -2.19. The van der Waals surface area contributed by atoms with Crippen LogP contribution in [0.1, 0.15) is 17.3 Å². The molecule has 0 radical (unpaired) electrons. The Labute approximate surface area is 163 Å². The molecule has 1 heterocycles. The smallest absolute Gasteiger partial charge is 0.344 e. The minimum atomic E-state index is -1.17. The third-order valence-corrected chi connectivity index (χ3v) is 4.95. The summed E-state index contributed by atoms with van der Waals surface area (Å²) in [5, 5.41) is 0.155. The second-order valence-corrected chi connectivity index (χ2v) is 6.55. The Kier molecular flexibility index (Phi) is 5.69. The van der Waals surface area contributed by atoms with Gasteiger partial charge in [-0.3, -0.25) is 4.79 Å². The molecule has 0 aliphatic heterocycles. The summed E-state index contributed by atoms with van der Waals surface area (Å²) in [6.45, 7) is 1.69. The summed E-state index contributed by atoms with van der Waals surface area (Å²) in [5.41, 5.74) is -0.233. The van der Waals surface area contributed by atoms with Crippen LogP contribution in [0.25, 0.3) is 16.6 Å². The molecule has 0 saturated carbocycles. The van der Waals surface area contributed by atoms with Crippen LogP contribution >= 0.6 is 11.8 Å². The highest BCUT2D eigenvalue weighted by atomic mass is 32.2. The monoisotopic (exact) mass is 405 g/mol. The maximum atomic E-state index is 14.0. The van der Waals surface area contributed by atoms with Crippen molar-refractivity contribution in [2.75, 3.05) is 20.0 Å². The lowest BCUT2D eigenvalue weighted by Crippen LogP contribution is -2.23. The normalized spacial score (nSPS) is 10.9. The van der Waals surface area contributed by atoms with Crippen LogP contribution in [-0.2, 0) is 4.74 Å². The number of ether oxygens (including phenoxy) is 2. The number of hydrogen-bond donors (Lipinski definition) is 0. The van der Waals surface area contributed by atoms with Crippen molar-refractivity contribution in [1.29, 1.82) is 0 Å². The van der Waals surface area contributed by atoms with Crippen LogP contribution in [0.4, 0.5) is 8.78 Å². The van der Waals surface area contributed by atoms with Crippen LogP contribution < -0.4 is 10.2 Å². The van der Waals surface area contributed by atoms with Gasteiger partial charge in [-0.2, -0.15) is 0 Å². The van der Waals surface area contributed by atoms with E-state index in [2.05, 4.69) is 0 Å². The first-order chi connectivity index (χ1) is 13.4. The van der Waals surface area contributed by atoms with Gasteiger partial charge in [0.25, 0.3) is 0 Å². The molecule has 28 heavy (non-hydrogen) atoms. The second-order valence-electron chi connectivity index (χ2n) is 5.75. The molecule has 0 unspecified atom stereocenters. The van der Waals surface area contributed by atoms with Crippen LogP contribution in [0.15, 0.2) is 46.2 Å². The molecular formula is C20H17F2NO4S. The highest BCUT2D eigenvalue weighted by molar-refractivity contribution is 7.98. The predicted molar refractivity (Wildman–Crippen MR) is 104 cm³/mol. The minimum Gasteiger partial charge on any atom is -0.497 e. The van der Waals surface area contributed by atoms with Crippen molar-refractivity contribution in [2.24, 2.45) is 0 Å². The van der Waals surface area contributed by atoms with Crippen molar-refractivity contribution in [3.05, 3.63) is 63.8 Å². The SMILES string of the molecule is CCOC(=O)c1c(SC)n(-c2ccc(OC)cc2)c2cc(F)c(F)cc2c1=O. The highest BCUT2D eigenvalue weighted by Gasteiger charge is 2.25. The van der Waals surface area contributed by atoms with Crippen molar-refractivity contribution < 1.29 is 23.0 Å². The van der Waals surface area contributed by atoms with Crippen LogP contribution in [0, 0.1) is 11.6 Å². The molecule has 0 amide bonds. The maximum Gasteiger partial charge on any atom is 0.344 e. The van der Waals surface area contributed by atoms with E-state index < -0.39 is 23.0 Å². The first-order valence-electron chi connectivity index (χ1n) is 8.36. The van der Waals surface area contributed by atoms with Gasteiger partial charge in [0.1, 0.15) is 11.3 Å². The van der Waals surface area contributed by atoms with Gasteiger partial charge < -0.3 is 14.0 Å². The van der Waals surface area contributed by atoms with Crippen LogP contribution in [0.2, 0.25) is 0 Å². The van der Waals surface area contributed by atoms with Gasteiger partial charge in [0.2, 0.25) is 5.43 Å². The van der Waals surface area contributed by atoms with Crippen molar-refractivity contribution >= 4 is 28.6 Å². The van der Waals surface area contributed by atoms with E-state index in [1.807, 2.05) is 0 Å². The van der Waals surface area contributed by atoms with E-state index in [9.17, 15) is 18.4 Å². The number of nitrogens with zero attached hydrogens (tertiary/aromatic N) is 1. The van der Waals surface area contributed by atoms with E-state index in [0.29, 0.717) is 11.4 Å². The fourth-order valence-electron chi connectivity index (χ4n) is 2.92. The van der Waals surface area contributed by atoms with Gasteiger partial charge in [-0.05, 0) is 43.5 Å². The Hall–Kier alpha value is -2.87. The van der Waals surface area contributed by atoms with Gasteiger partial charge >= 0.3 is 5.97 Å². The molecule has 0 saturated heterocycles. The molecule has 3 rings (SSSR count). The maximum absolute atomic E-state index is 14.0. The van der Waals surface area contributed by atoms with Gasteiger partial charge in [-0.25, -0.2) is 13.6 Å². The summed E-state index contributed by atoms with van der Waals surface area (Å²) in [7, 11) is 1.52. The van der Waals surface area contributed by atoms with Crippen LogP contribution in [-0.4, -0.2) is 30.5 Å². The average molecular weight is 405 g/mol. The first kappa shape index (κ1) is 19.9. The van der Waals surface area contributed by atoms with E-state index in [0.717, 1.165) is 23.9 Å². The van der Waals surface area contributed by atoms with Gasteiger partial charge in [0.05, 0.1) is 29.6 Å². The van der Waals surface area contributed by atoms with E-state index in [1.54, 1.807) is 37.4 Å². The molecular weight excluding hydrogens is 388 g/mol. The van der Waals surface area contributed by atoms with Crippen LogP contribution in [0.5, 0.6) is 5.75 Å². The zero-order chi connectivity index (χ0) is 20.4. The van der Waals surface area contributed by atoms with Gasteiger partial charge in [0, 0.05) is 11.8 Å². The quantitative estimate of drug-likeness (QED) is 0.471. The van der Waals surface area contributed by atoms with Crippen molar-refractivity contribution in [1.82, 2.24) is 4.57 Å². The number of rotatable bonds is 5. The molecule has 8 heteroatoms. The van der Waals surface area contributed by atoms with E-state index >= 15 is 0 Å². The van der Waals surface area contributed by atoms with Gasteiger partial charge in [-0.15, -0.1) is 11.8 Å². The molecule has 0 spiro atoms. The summed E-state index contributed by atoms with van der Waals surface area (Å²) in [5.74, 6) is -2.48. The summed E-state index contributed by atoms with van der Waals surface area (Å²) in [6, 6.07) is 8.52. The number of esters is 1. The number of aromatic nitrogens is 1. The fourth-order valence-corrected chi connectivity index (χ4v) is 3.69. The zero-order valence-corrected chi connectivity index (χ0v) is 16.2. The summed E-state index contributed by atoms with van der Waals surface area (Å²) >= 11 is 1.13. The molecule has 1 aromatic heterocycles. The molecule has 3 aromatic rings. The Bertz CT molecular complexity index is 1110. The molecule has 0 N–H and O–H groups in total. The number of fused-ring (bicyclic) bond motifs is 1. The lowest BCUT2D eigenvalue weighted by molar-refractivity contribution is 0.0519. The van der Waals surface area contributed by atoms with Crippen molar-refractivity contribution in [3.63, 3.8) is 0 Å². The number of carbonyl (C=O) groups is 1. The lowest BCUT2D eigenvalue weighted by atomic mass is 10.1. The van der Waals surface area contributed by atoms with Crippen molar-refractivity contribution in [3.8, 4) is 11.4 Å². The molecule has 146 valence electrons. The van der Waals surface area contributed by atoms with Gasteiger partial charge in [-0.1, -0.05) is 0 Å². The molecule has 0 aliphatic carbocycles. The molecule has 0 atom stereocenters. The number of hydrogen-bond acceptors (Lipinski definition) is 5. The predicted octanol–water partition coefficient (Wildman–Crippen LogP) is 4.18. The van der Waals surface area contributed by atoms with Crippen molar-refractivity contribution in [2.45, 2.75) is 11.9 Å². The topological polar surface area (TPSA) is 57.5 Å². The Morgan fingerprint density at radius 3 is 2.36 bits per heavy atom.